The van der Waals surface area contributed by atoms with Crippen LogP contribution in [0.3, 0.4) is 0 Å². The highest BCUT2D eigenvalue weighted by molar-refractivity contribution is 5.92. The van der Waals surface area contributed by atoms with E-state index < -0.39 is 18.2 Å². The van der Waals surface area contributed by atoms with Crippen LogP contribution in [0.25, 0.3) is 0 Å². The van der Waals surface area contributed by atoms with E-state index >= 15 is 0 Å². The molecule has 1 unspecified atom stereocenters. The molecule has 0 aromatic carbocycles. The summed E-state index contributed by atoms with van der Waals surface area (Å²) in [6.45, 7) is 8.29. The third kappa shape index (κ3) is 3.51. The number of cyclic esters (lactones) is 2. The maximum absolute atomic E-state index is 11.2. The van der Waals surface area contributed by atoms with Gasteiger partial charge in [0.1, 0.15) is 6.42 Å². The molecule has 16 heavy (non-hydrogen) atoms. The minimum Gasteiger partial charge on any atom is -0.424 e. The molecule has 0 aromatic heterocycles. The van der Waals surface area contributed by atoms with Crippen molar-refractivity contribution in [2.75, 3.05) is 0 Å². The summed E-state index contributed by atoms with van der Waals surface area (Å²) in [7, 11) is 0. The van der Waals surface area contributed by atoms with Crippen LogP contribution in [0, 0.1) is 17.8 Å². The molecule has 0 radical (unpaired) electrons. The van der Waals surface area contributed by atoms with Crippen molar-refractivity contribution in [3.63, 3.8) is 0 Å². The third-order valence-electron chi connectivity index (χ3n) is 2.73. The lowest BCUT2D eigenvalue weighted by Crippen LogP contribution is -2.40. The predicted octanol–water partition coefficient (Wildman–Crippen LogP) is 2.12. The fourth-order valence-electron chi connectivity index (χ4n) is 1.90. The molecule has 1 rings (SSSR count). The van der Waals surface area contributed by atoms with Gasteiger partial charge in [-0.2, -0.15) is 0 Å². The summed E-state index contributed by atoms with van der Waals surface area (Å²) in [6, 6.07) is 0. The molecule has 4 nitrogen and oxygen atoms in total. The Kier molecular flexibility index (Phi) is 4.33. The number of ether oxygens (including phenoxy) is 2. The van der Waals surface area contributed by atoms with Crippen molar-refractivity contribution in [3.05, 3.63) is 0 Å². The van der Waals surface area contributed by atoms with Gasteiger partial charge in [0.05, 0.1) is 0 Å². The van der Waals surface area contributed by atoms with Crippen LogP contribution in [0.1, 0.15) is 40.5 Å². The highest BCUT2D eigenvalue weighted by Gasteiger charge is 2.36. The van der Waals surface area contributed by atoms with Crippen molar-refractivity contribution in [3.8, 4) is 0 Å². The molecule has 1 heterocycles. The fourth-order valence-corrected chi connectivity index (χ4v) is 1.90. The maximum Gasteiger partial charge on any atom is 0.320 e. The summed E-state index contributed by atoms with van der Waals surface area (Å²) in [5.41, 5.74) is 0. The largest absolute Gasteiger partial charge is 0.424 e. The zero-order valence-electron chi connectivity index (χ0n) is 10.4. The molecule has 0 N–H and O–H groups in total. The second-order valence-electron chi connectivity index (χ2n) is 5.06. The highest BCUT2D eigenvalue weighted by Crippen LogP contribution is 2.28. The molecule has 0 amide bonds. The van der Waals surface area contributed by atoms with Crippen LogP contribution in [0.5, 0.6) is 0 Å². The average molecular weight is 228 g/mol. The fraction of sp³-hybridized carbons (Fsp3) is 0.833. The van der Waals surface area contributed by atoms with Gasteiger partial charge in [0, 0.05) is 5.92 Å². The summed E-state index contributed by atoms with van der Waals surface area (Å²) < 4.78 is 10.2. The van der Waals surface area contributed by atoms with Gasteiger partial charge in [0.15, 0.2) is 0 Å². The first-order chi connectivity index (χ1) is 7.40. The molecule has 0 bridgehead atoms. The standard InChI is InChI=1S/C12H20O4/c1-7(2)5-9(8(3)4)12-15-10(13)6-11(14)16-12/h7-9,12H,5-6H2,1-4H3. The van der Waals surface area contributed by atoms with Gasteiger partial charge in [0.2, 0.25) is 6.29 Å². The van der Waals surface area contributed by atoms with Crippen molar-refractivity contribution < 1.29 is 19.1 Å². The smallest absolute Gasteiger partial charge is 0.320 e. The topological polar surface area (TPSA) is 52.6 Å². The minimum absolute atomic E-state index is 0.0770. The first-order valence-electron chi connectivity index (χ1n) is 5.79. The minimum atomic E-state index is -0.698. The SMILES string of the molecule is CC(C)CC(C(C)C)C1OC(=O)CC(=O)O1. The van der Waals surface area contributed by atoms with E-state index in [1.54, 1.807) is 0 Å². The van der Waals surface area contributed by atoms with Crippen molar-refractivity contribution in [2.24, 2.45) is 17.8 Å². The molecule has 1 saturated heterocycles. The normalized spacial score (nSPS) is 19.9. The zero-order valence-corrected chi connectivity index (χ0v) is 10.4. The van der Waals surface area contributed by atoms with Gasteiger partial charge in [-0.3, -0.25) is 9.59 Å². The lowest BCUT2D eigenvalue weighted by Gasteiger charge is -2.32. The molecule has 0 spiro atoms. The number of carbonyl (C=O) groups is 2. The van der Waals surface area contributed by atoms with Crippen LogP contribution in [-0.2, 0) is 19.1 Å². The van der Waals surface area contributed by atoms with Crippen LogP contribution >= 0.6 is 0 Å². The van der Waals surface area contributed by atoms with Gasteiger partial charge in [-0.25, -0.2) is 0 Å². The van der Waals surface area contributed by atoms with Crippen molar-refractivity contribution >= 4 is 11.9 Å². The lowest BCUT2D eigenvalue weighted by molar-refractivity contribution is -0.217. The quantitative estimate of drug-likeness (QED) is 0.546. The van der Waals surface area contributed by atoms with Crippen LogP contribution < -0.4 is 0 Å². The van der Waals surface area contributed by atoms with Gasteiger partial charge < -0.3 is 9.47 Å². The van der Waals surface area contributed by atoms with Crippen LogP contribution in [0.4, 0.5) is 0 Å². The van der Waals surface area contributed by atoms with E-state index in [1.807, 2.05) is 13.8 Å². The summed E-state index contributed by atoms with van der Waals surface area (Å²) in [4.78, 5) is 22.3. The number of esters is 2. The van der Waals surface area contributed by atoms with E-state index in [-0.39, 0.29) is 12.3 Å². The molecule has 0 saturated carbocycles. The van der Waals surface area contributed by atoms with Gasteiger partial charge in [-0.1, -0.05) is 27.7 Å². The molecular weight excluding hydrogens is 208 g/mol. The summed E-state index contributed by atoms with van der Waals surface area (Å²) in [5.74, 6) is -0.0858. The van der Waals surface area contributed by atoms with Gasteiger partial charge >= 0.3 is 11.9 Å². The summed E-state index contributed by atoms with van der Waals surface area (Å²) >= 11 is 0. The van der Waals surface area contributed by atoms with E-state index in [1.165, 1.54) is 0 Å². The van der Waals surface area contributed by atoms with Crippen LogP contribution in [0.2, 0.25) is 0 Å². The van der Waals surface area contributed by atoms with E-state index in [0.717, 1.165) is 6.42 Å². The van der Waals surface area contributed by atoms with E-state index in [9.17, 15) is 9.59 Å². The average Bonchev–Trinajstić information content (AvgIpc) is 2.11. The number of rotatable bonds is 4. The maximum atomic E-state index is 11.2. The Balaban J connectivity index is 2.69. The number of hydrogen-bond donors (Lipinski definition) is 0. The Hall–Kier alpha value is -1.06. The van der Waals surface area contributed by atoms with Gasteiger partial charge in [-0.05, 0) is 18.3 Å². The molecule has 92 valence electrons. The summed E-state index contributed by atoms with van der Waals surface area (Å²) in [5, 5.41) is 0. The molecule has 0 aromatic rings. The van der Waals surface area contributed by atoms with E-state index in [2.05, 4.69) is 13.8 Å². The van der Waals surface area contributed by atoms with E-state index in [4.69, 9.17) is 9.47 Å². The zero-order chi connectivity index (χ0) is 12.3. The Morgan fingerprint density at radius 3 is 2.00 bits per heavy atom. The highest BCUT2D eigenvalue weighted by atomic mass is 16.7. The molecule has 1 aliphatic rings. The van der Waals surface area contributed by atoms with Crippen molar-refractivity contribution in [2.45, 2.75) is 46.8 Å². The number of carbonyl (C=O) groups excluding carboxylic acids is 2. The first kappa shape index (κ1) is 13.0. The Labute approximate surface area is 96.3 Å². The second-order valence-corrected chi connectivity index (χ2v) is 5.06. The number of hydrogen-bond acceptors (Lipinski definition) is 4. The summed E-state index contributed by atoms with van der Waals surface area (Å²) in [6.07, 6.45) is -0.0811. The lowest BCUT2D eigenvalue weighted by atomic mass is 9.87. The Morgan fingerprint density at radius 1 is 1.12 bits per heavy atom. The van der Waals surface area contributed by atoms with Crippen LogP contribution in [0.15, 0.2) is 0 Å². The molecule has 1 aliphatic heterocycles. The van der Waals surface area contributed by atoms with Crippen LogP contribution in [-0.4, -0.2) is 18.2 Å². The van der Waals surface area contributed by atoms with Crippen molar-refractivity contribution in [1.29, 1.82) is 0 Å². The first-order valence-corrected chi connectivity index (χ1v) is 5.79. The molecule has 1 atom stereocenters. The van der Waals surface area contributed by atoms with Crippen molar-refractivity contribution in [1.82, 2.24) is 0 Å². The molecular formula is C12H20O4. The van der Waals surface area contributed by atoms with E-state index in [0.29, 0.717) is 11.8 Å². The molecule has 1 fully saturated rings. The predicted molar refractivity (Wildman–Crippen MR) is 58.4 cm³/mol. The van der Waals surface area contributed by atoms with Gasteiger partial charge in [-0.15, -0.1) is 0 Å². The molecule has 0 aliphatic carbocycles. The monoisotopic (exact) mass is 228 g/mol. The Bertz CT molecular complexity index is 254. The Morgan fingerprint density at radius 2 is 1.62 bits per heavy atom. The third-order valence-corrected chi connectivity index (χ3v) is 2.73. The van der Waals surface area contributed by atoms with Gasteiger partial charge in [0.25, 0.3) is 0 Å². The second kappa shape index (κ2) is 5.32. The molecule has 4 heteroatoms.